The smallest absolute Gasteiger partial charge is 0.338 e. The summed E-state index contributed by atoms with van der Waals surface area (Å²) in [6.45, 7) is 1.00. The van der Waals surface area contributed by atoms with Gasteiger partial charge in [-0.1, -0.05) is 41.9 Å². The van der Waals surface area contributed by atoms with Crippen molar-refractivity contribution in [2.75, 3.05) is 13.2 Å². The second kappa shape index (κ2) is 10.8. The van der Waals surface area contributed by atoms with Crippen LogP contribution in [0.5, 0.6) is 0 Å². The normalized spacial score (nSPS) is 20.2. The number of ether oxygens (including phenoxy) is 3. The molecule has 8 heteroatoms. The highest BCUT2D eigenvalue weighted by atomic mass is 35.5. The highest BCUT2D eigenvalue weighted by molar-refractivity contribution is 6.30. The van der Waals surface area contributed by atoms with Crippen LogP contribution in [0.3, 0.4) is 0 Å². The number of hydrogen-bond acceptors (Lipinski definition) is 5. The molecule has 1 fully saturated rings. The summed E-state index contributed by atoms with van der Waals surface area (Å²) in [5, 5.41) is 0.709. The first-order valence-corrected chi connectivity index (χ1v) is 10.2. The second-order valence-corrected chi connectivity index (χ2v) is 7.72. The molecule has 2 heterocycles. The van der Waals surface area contributed by atoms with E-state index >= 15 is 0 Å². The average molecular weight is 463 g/mol. The van der Waals surface area contributed by atoms with E-state index in [0.717, 1.165) is 12.0 Å². The maximum atomic E-state index is 12.2. The van der Waals surface area contributed by atoms with E-state index < -0.39 is 5.79 Å². The minimum atomic E-state index is -0.815. The van der Waals surface area contributed by atoms with Gasteiger partial charge in [-0.3, -0.25) is 0 Å². The number of carbonyl (C=O) groups excluding carboxylic acids is 1. The number of aromatic nitrogens is 2. The molecule has 3 aromatic rings. The molecule has 0 unspecified atom stereocenters. The summed E-state index contributed by atoms with van der Waals surface area (Å²) in [7, 11) is 0. The third-order valence-electron chi connectivity index (χ3n) is 5.01. The number of rotatable bonds is 8. The molecule has 0 radical (unpaired) electrons. The Bertz CT molecular complexity index is 951. The van der Waals surface area contributed by atoms with E-state index in [4.69, 9.17) is 25.8 Å². The third kappa shape index (κ3) is 6.31. The molecular formula is C23H24Cl2N2O4. The van der Waals surface area contributed by atoms with Gasteiger partial charge in [-0.25, -0.2) is 9.78 Å². The van der Waals surface area contributed by atoms with Crippen LogP contribution in [0.25, 0.3) is 0 Å². The molecular weight excluding hydrogens is 439 g/mol. The number of halogens is 2. The summed E-state index contributed by atoms with van der Waals surface area (Å²) in [6.07, 6.45) is 6.42. The Morgan fingerprint density at radius 2 is 1.97 bits per heavy atom. The van der Waals surface area contributed by atoms with Crippen molar-refractivity contribution in [3.05, 3.63) is 89.5 Å². The van der Waals surface area contributed by atoms with E-state index in [0.29, 0.717) is 30.2 Å². The van der Waals surface area contributed by atoms with Crippen LogP contribution in [-0.2, 0) is 27.2 Å². The molecule has 2 aromatic carbocycles. The molecule has 0 N–H and O–H groups in total. The van der Waals surface area contributed by atoms with Gasteiger partial charge < -0.3 is 18.8 Å². The number of benzene rings is 2. The molecule has 4 rings (SSSR count). The average Bonchev–Trinajstić information content (AvgIpc) is 3.43. The molecule has 6 nitrogen and oxygen atoms in total. The molecule has 0 aliphatic carbocycles. The number of imidazole rings is 1. The fourth-order valence-electron chi connectivity index (χ4n) is 3.46. The molecule has 31 heavy (non-hydrogen) atoms. The number of carbonyl (C=O) groups is 1. The summed E-state index contributed by atoms with van der Waals surface area (Å²) in [5.41, 5.74) is 1.67. The Morgan fingerprint density at radius 3 is 2.68 bits per heavy atom. The minimum absolute atomic E-state index is 0. The van der Waals surface area contributed by atoms with Crippen LogP contribution in [0.15, 0.2) is 73.3 Å². The van der Waals surface area contributed by atoms with Crippen LogP contribution in [0.1, 0.15) is 22.3 Å². The quantitative estimate of drug-likeness (QED) is 0.459. The lowest BCUT2D eigenvalue weighted by atomic mass is 10.0. The highest BCUT2D eigenvalue weighted by Crippen LogP contribution is 2.31. The van der Waals surface area contributed by atoms with Crippen LogP contribution >= 0.6 is 24.0 Å². The van der Waals surface area contributed by atoms with E-state index in [-0.39, 0.29) is 31.1 Å². The van der Waals surface area contributed by atoms with Crippen molar-refractivity contribution in [1.82, 2.24) is 9.55 Å². The molecule has 1 aromatic heterocycles. The number of esters is 1. The van der Waals surface area contributed by atoms with Gasteiger partial charge in [0.25, 0.3) is 0 Å². The predicted octanol–water partition coefficient (Wildman–Crippen LogP) is 4.56. The summed E-state index contributed by atoms with van der Waals surface area (Å²) in [6, 6.07) is 16.7. The maximum Gasteiger partial charge on any atom is 0.338 e. The van der Waals surface area contributed by atoms with Crippen molar-refractivity contribution in [2.24, 2.45) is 0 Å². The van der Waals surface area contributed by atoms with Crippen molar-refractivity contribution >= 4 is 30.0 Å². The maximum absolute atomic E-state index is 12.2. The Labute approximate surface area is 192 Å². The Balaban J connectivity index is 0.00000272. The Kier molecular flexibility index (Phi) is 8.09. The summed E-state index contributed by atoms with van der Waals surface area (Å²) in [4.78, 5) is 16.3. The molecule has 1 saturated heterocycles. The standard InChI is InChI=1S/C23H23ClN2O4.ClH/c24-20-8-6-18(7-9-20)10-11-23(16-26-13-12-25-17-26)29-15-21(30-23)14-28-22(27)19-4-2-1-3-5-19;/h1-9,12-13,17,21H,10-11,14-16H2;1H/t21-,23-;/m0./s1. The molecule has 1 aliphatic rings. The lowest BCUT2D eigenvalue weighted by Gasteiger charge is -2.28. The second-order valence-electron chi connectivity index (χ2n) is 7.29. The van der Waals surface area contributed by atoms with Gasteiger partial charge in [0.05, 0.1) is 25.0 Å². The van der Waals surface area contributed by atoms with Gasteiger partial charge in [-0.05, 0) is 36.2 Å². The van der Waals surface area contributed by atoms with Crippen molar-refractivity contribution in [3.63, 3.8) is 0 Å². The van der Waals surface area contributed by atoms with Crippen molar-refractivity contribution in [2.45, 2.75) is 31.3 Å². The van der Waals surface area contributed by atoms with E-state index in [1.54, 1.807) is 36.8 Å². The van der Waals surface area contributed by atoms with E-state index in [9.17, 15) is 4.79 Å². The van der Waals surface area contributed by atoms with Gasteiger partial charge in [0.1, 0.15) is 12.7 Å². The topological polar surface area (TPSA) is 62.6 Å². The minimum Gasteiger partial charge on any atom is -0.459 e. The zero-order valence-corrected chi connectivity index (χ0v) is 18.4. The Morgan fingerprint density at radius 1 is 1.19 bits per heavy atom. The zero-order valence-electron chi connectivity index (χ0n) is 16.9. The lowest BCUT2D eigenvalue weighted by molar-refractivity contribution is -0.185. The molecule has 0 saturated carbocycles. The fraction of sp³-hybridized carbons (Fsp3) is 0.304. The van der Waals surface area contributed by atoms with Crippen molar-refractivity contribution < 1.29 is 19.0 Å². The molecule has 0 amide bonds. The van der Waals surface area contributed by atoms with Gasteiger partial charge in [-0.15, -0.1) is 12.4 Å². The Hall–Kier alpha value is -2.38. The molecule has 0 spiro atoms. The SMILES string of the molecule is Cl.O=C(OC[C@H]1CO[C@](CCc2ccc(Cl)cc2)(Cn2ccnc2)O1)c1ccccc1. The monoisotopic (exact) mass is 462 g/mol. The van der Waals surface area contributed by atoms with Crippen molar-refractivity contribution in [3.8, 4) is 0 Å². The van der Waals surface area contributed by atoms with Gasteiger partial charge >= 0.3 is 5.97 Å². The van der Waals surface area contributed by atoms with Crippen LogP contribution in [0.2, 0.25) is 5.02 Å². The third-order valence-corrected chi connectivity index (χ3v) is 5.27. The summed E-state index contributed by atoms with van der Waals surface area (Å²) in [5.74, 6) is -1.18. The first-order valence-electron chi connectivity index (χ1n) is 9.86. The van der Waals surface area contributed by atoms with E-state index in [1.807, 2.05) is 41.1 Å². The summed E-state index contributed by atoms with van der Waals surface area (Å²) >= 11 is 5.98. The van der Waals surface area contributed by atoms with Crippen LogP contribution in [0, 0.1) is 0 Å². The van der Waals surface area contributed by atoms with Gasteiger partial charge in [0.15, 0.2) is 5.79 Å². The predicted molar refractivity (Wildman–Crippen MR) is 120 cm³/mol. The molecule has 0 bridgehead atoms. The molecule has 2 atom stereocenters. The van der Waals surface area contributed by atoms with Crippen molar-refractivity contribution in [1.29, 1.82) is 0 Å². The fourth-order valence-corrected chi connectivity index (χ4v) is 3.59. The van der Waals surface area contributed by atoms with E-state index in [1.165, 1.54) is 0 Å². The number of hydrogen-bond donors (Lipinski definition) is 0. The largest absolute Gasteiger partial charge is 0.459 e. The van der Waals surface area contributed by atoms with Gasteiger partial charge in [0.2, 0.25) is 0 Å². The molecule has 164 valence electrons. The number of aryl methyl sites for hydroxylation is 1. The van der Waals surface area contributed by atoms with Crippen LogP contribution in [-0.4, -0.2) is 40.6 Å². The number of nitrogens with zero attached hydrogens (tertiary/aromatic N) is 2. The van der Waals surface area contributed by atoms with Crippen LogP contribution < -0.4 is 0 Å². The first kappa shape index (κ1) is 23.3. The first-order chi connectivity index (χ1) is 14.6. The zero-order chi connectivity index (χ0) is 20.8. The highest BCUT2D eigenvalue weighted by Gasteiger charge is 2.42. The van der Waals surface area contributed by atoms with Gasteiger partial charge in [-0.2, -0.15) is 0 Å². The summed E-state index contributed by atoms with van der Waals surface area (Å²) < 4.78 is 19.8. The lowest BCUT2D eigenvalue weighted by Crippen LogP contribution is -2.37. The molecule has 1 aliphatic heterocycles. The van der Waals surface area contributed by atoms with E-state index in [2.05, 4.69) is 4.98 Å². The van der Waals surface area contributed by atoms with Gasteiger partial charge in [0, 0.05) is 23.8 Å². The van der Waals surface area contributed by atoms with Crippen LogP contribution in [0.4, 0.5) is 0 Å².